The lowest BCUT2D eigenvalue weighted by atomic mass is 10.2. The lowest BCUT2D eigenvalue weighted by Crippen LogP contribution is -1.92. The van der Waals surface area contributed by atoms with Gasteiger partial charge in [0, 0.05) is 21.9 Å². The van der Waals surface area contributed by atoms with Gasteiger partial charge in [0.05, 0.1) is 5.52 Å². The SMILES string of the molecule is O=Cc1cc2ccccc2nc1Sc1ccc(F)cc1F. The fourth-order valence-electron chi connectivity index (χ4n) is 1.94. The van der Waals surface area contributed by atoms with Gasteiger partial charge in [-0.15, -0.1) is 0 Å². The summed E-state index contributed by atoms with van der Waals surface area (Å²) < 4.78 is 26.6. The van der Waals surface area contributed by atoms with Crippen LogP contribution in [0.25, 0.3) is 10.9 Å². The standard InChI is InChI=1S/C16H9F2NOS/c17-12-5-6-15(13(18)8-12)21-16-11(9-20)7-10-3-1-2-4-14(10)19-16/h1-9H. The molecule has 3 aromatic rings. The molecule has 2 aromatic carbocycles. The third-order valence-corrected chi connectivity index (χ3v) is 4.02. The van der Waals surface area contributed by atoms with E-state index in [-0.39, 0.29) is 4.90 Å². The maximum absolute atomic E-state index is 13.7. The topological polar surface area (TPSA) is 30.0 Å². The zero-order chi connectivity index (χ0) is 14.8. The summed E-state index contributed by atoms with van der Waals surface area (Å²) >= 11 is 1.00. The first-order valence-corrected chi connectivity index (χ1v) is 6.97. The van der Waals surface area contributed by atoms with E-state index in [1.807, 2.05) is 24.3 Å². The first-order valence-electron chi connectivity index (χ1n) is 6.15. The minimum atomic E-state index is -0.674. The molecule has 3 rings (SSSR count). The van der Waals surface area contributed by atoms with Gasteiger partial charge in [-0.25, -0.2) is 13.8 Å². The lowest BCUT2D eigenvalue weighted by Gasteiger charge is -2.07. The van der Waals surface area contributed by atoms with Crippen molar-refractivity contribution in [2.24, 2.45) is 0 Å². The molecule has 5 heteroatoms. The van der Waals surface area contributed by atoms with Crippen molar-refractivity contribution in [3.63, 3.8) is 0 Å². The zero-order valence-electron chi connectivity index (χ0n) is 10.7. The van der Waals surface area contributed by atoms with Crippen molar-refractivity contribution < 1.29 is 13.6 Å². The number of carbonyl (C=O) groups excluding carboxylic acids is 1. The van der Waals surface area contributed by atoms with Gasteiger partial charge >= 0.3 is 0 Å². The largest absolute Gasteiger partial charge is 0.298 e. The molecule has 0 aliphatic carbocycles. The van der Waals surface area contributed by atoms with Crippen molar-refractivity contribution in [1.82, 2.24) is 4.98 Å². The summed E-state index contributed by atoms with van der Waals surface area (Å²) in [6, 6.07) is 12.4. The van der Waals surface area contributed by atoms with Crippen LogP contribution in [0.3, 0.4) is 0 Å². The Bertz CT molecular complexity index is 836. The Kier molecular flexibility index (Phi) is 3.66. The van der Waals surface area contributed by atoms with Crippen LogP contribution in [0.15, 0.2) is 58.5 Å². The summed E-state index contributed by atoms with van der Waals surface area (Å²) in [4.78, 5) is 15.8. The van der Waals surface area contributed by atoms with E-state index in [1.54, 1.807) is 6.07 Å². The fourth-order valence-corrected chi connectivity index (χ4v) is 2.81. The maximum Gasteiger partial charge on any atom is 0.152 e. The molecule has 0 spiro atoms. The number of hydrogen-bond acceptors (Lipinski definition) is 3. The van der Waals surface area contributed by atoms with Crippen molar-refractivity contribution in [2.75, 3.05) is 0 Å². The van der Waals surface area contributed by atoms with E-state index in [0.717, 1.165) is 23.2 Å². The van der Waals surface area contributed by atoms with Crippen molar-refractivity contribution in [2.45, 2.75) is 9.92 Å². The average molecular weight is 301 g/mol. The van der Waals surface area contributed by atoms with Gasteiger partial charge in [0.1, 0.15) is 16.7 Å². The molecular weight excluding hydrogens is 292 g/mol. The molecule has 104 valence electrons. The molecular formula is C16H9F2NOS. The molecule has 0 radical (unpaired) electrons. The van der Waals surface area contributed by atoms with Crippen molar-refractivity contribution in [3.8, 4) is 0 Å². The zero-order valence-corrected chi connectivity index (χ0v) is 11.5. The number of rotatable bonds is 3. The molecule has 0 aliphatic rings. The van der Waals surface area contributed by atoms with Crippen molar-refractivity contribution in [1.29, 1.82) is 0 Å². The number of hydrogen-bond donors (Lipinski definition) is 0. The van der Waals surface area contributed by atoms with Gasteiger partial charge in [-0.3, -0.25) is 4.79 Å². The number of carbonyl (C=O) groups is 1. The number of aromatic nitrogens is 1. The molecule has 1 aromatic heterocycles. The molecule has 0 amide bonds. The van der Waals surface area contributed by atoms with E-state index >= 15 is 0 Å². The second-order valence-corrected chi connectivity index (χ2v) is 5.40. The normalized spacial score (nSPS) is 10.8. The fraction of sp³-hybridized carbons (Fsp3) is 0. The van der Waals surface area contributed by atoms with Crippen LogP contribution in [-0.2, 0) is 0 Å². The summed E-state index contributed by atoms with van der Waals surface area (Å²) in [5, 5.41) is 1.23. The summed E-state index contributed by atoms with van der Waals surface area (Å²) in [6.07, 6.45) is 0.684. The number of aldehydes is 1. The van der Waals surface area contributed by atoms with E-state index in [1.165, 1.54) is 12.1 Å². The Morgan fingerprint density at radius 3 is 2.62 bits per heavy atom. The second kappa shape index (κ2) is 5.61. The van der Waals surface area contributed by atoms with Crippen LogP contribution in [-0.4, -0.2) is 11.3 Å². The molecule has 0 saturated heterocycles. The van der Waals surface area contributed by atoms with E-state index in [0.29, 0.717) is 22.4 Å². The Morgan fingerprint density at radius 2 is 1.86 bits per heavy atom. The molecule has 0 aliphatic heterocycles. The highest BCUT2D eigenvalue weighted by molar-refractivity contribution is 7.99. The summed E-state index contributed by atoms with van der Waals surface area (Å²) in [5.74, 6) is -1.31. The van der Waals surface area contributed by atoms with Crippen LogP contribution in [0.2, 0.25) is 0 Å². The van der Waals surface area contributed by atoms with Crippen LogP contribution in [0, 0.1) is 11.6 Å². The molecule has 0 unspecified atom stereocenters. The Labute approximate surface area is 123 Å². The highest BCUT2D eigenvalue weighted by atomic mass is 32.2. The Balaban J connectivity index is 2.08. The number of halogens is 2. The maximum atomic E-state index is 13.7. The highest BCUT2D eigenvalue weighted by Gasteiger charge is 2.11. The molecule has 0 fully saturated rings. The molecule has 0 bridgehead atoms. The van der Waals surface area contributed by atoms with Crippen molar-refractivity contribution >= 4 is 29.0 Å². The number of pyridine rings is 1. The first kappa shape index (κ1) is 13.7. The second-order valence-electron chi connectivity index (χ2n) is 4.37. The lowest BCUT2D eigenvalue weighted by molar-refractivity contribution is 0.112. The highest BCUT2D eigenvalue weighted by Crippen LogP contribution is 2.32. The van der Waals surface area contributed by atoms with Gasteiger partial charge in [-0.2, -0.15) is 0 Å². The molecule has 21 heavy (non-hydrogen) atoms. The minimum Gasteiger partial charge on any atom is -0.298 e. The molecule has 2 nitrogen and oxygen atoms in total. The number of benzene rings is 2. The van der Waals surface area contributed by atoms with Gasteiger partial charge in [0.25, 0.3) is 0 Å². The summed E-state index contributed by atoms with van der Waals surface area (Å²) in [6.45, 7) is 0. The molecule has 0 atom stereocenters. The minimum absolute atomic E-state index is 0.224. The van der Waals surface area contributed by atoms with Gasteiger partial charge in [0.2, 0.25) is 0 Å². The van der Waals surface area contributed by atoms with E-state index in [9.17, 15) is 13.6 Å². The van der Waals surface area contributed by atoms with E-state index in [4.69, 9.17) is 0 Å². The predicted octanol–water partition coefficient (Wildman–Crippen LogP) is 4.48. The van der Waals surface area contributed by atoms with E-state index in [2.05, 4.69) is 4.98 Å². The Morgan fingerprint density at radius 1 is 1.05 bits per heavy atom. The molecule has 0 saturated carbocycles. The number of fused-ring (bicyclic) bond motifs is 1. The average Bonchev–Trinajstić information content (AvgIpc) is 2.49. The van der Waals surface area contributed by atoms with Gasteiger partial charge in [-0.1, -0.05) is 30.0 Å². The Hall–Kier alpha value is -2.27. The predicted molar refractivity (Wildman–Crippen MR) is 77.6 cm³/mol. The van der Waals surface area contributed by atoms with Crippen LogP contribution < -0.4 is 0 Å². The number of para-hydroxylation sites is 1. The molecule has 1 heterocycles. The monoisotopic (exact) mass is 301 g/mol. The first-order chi connectivity index (χ1) is 10.2. The van der Waals surface area contributed by atoms with Crippen LogP contribution >= 0.6 is 11.8 Å². The molecule has 0 N–H and O–H groups in total. The third-order valence-electron chi connectivity index (χ3n) is 2.94. The summed E-state index contributed by atoms with van der Waals surface area (Å²) in [7, 11) is 0. The van der Waals surface area contributed by atoms with Crippen LogP contribution in [0.5, 0.6) is 0 Å². The number of nitrogens with zero attached hydrogens (tertiary/aromatic N) is 1. The summed E-state index contributed by atoms with van der Waals surface area (Å²) in [5.41, 5.74) is 1.09. The van der Waals surface area contributed by atoms with Gasteiger partial charge in [0.15, 0.2) is 6.29 Å². The van der Waals surface area contributed by atoms with E-state index < -0.39 is 11.6 Å². The van der Waals surface area contributed by atoms with Gasteiger partial charge in [-0.05, 0) is 24.3 Å². The smallest absolute Gasteiger partial charge is 0.152 e. The van der Waals surface area contributed by atoms with Crippen LogP contribution in [0.1, 0.15) is 10.4 Å². The van der Waals surface area contributed by atoms with Crippen LogP contribution in [0.4, 0.5) is 8.78 Å². The third kappa shape index (κ3) is 2.78. The quantitative estimate of drug-likeness (QED) is 0.668. The van der Waals surface area contributed by atoms with Crippen molar-refractivity contribution in [3.05, 3.63) is 65.7 Å². The van der Waals surface area contributed by atoms with Gasteiger partial charge < -0.3 is 0 Å².